The molecule has 3 rings (SSSR count). The SMILES string of the molecule is CCc1ccccc1Nc1cncc(C(=O)Nc2cccc(C(F)(F)F)c2)c1. The van der Waals surface area contributed by atoms with Gasteiger partial charge in [0, 0.05) is 17.6 Å². The number of para-hydroxylation sites is 1. The molecule has 1 heterocycles. The van der Waals surface area contributed by atoms with E-state index < -0.39 is 17.6 Å². The molecular weight excluding hydrogens is 367 g/mol. The first-order chi connectivity index (χ1) is 13.4. The van der Waals surface area contributed by atoms with Crippen LogP contribution in [0.1, 0.15) is 28.4 Å². The fourth-order valence-corrected chi connectivity index (χ4v) is 2.72. The number of anilines is 3. The smallest absolute Gasteiger partial charge is 0.354 e. The Labute approximate surface area is 160 Å². The lowest BCUT2D eigenvalue weighted by Crippen LogP contribution is -2.13. The maximum absolute atomic E-state index is 12.8. The first-order valence-corrected chi connectivity index (χ1v) is 8.65. The maximum Gasteiger partial charge on any atom is 0.416 e. The predicted octanol–water partition coefficient (Wildman–Crippen LogP) is 5.66. The number of nitrogens with one attached hydrogen (secondary N) is 2. The molecule has 1 amide bonds. The number of halogens is 3. The van der Waals surface area contributed by atoms with Gasteiger partial charge in [-0.2, -0.15) is 13.2 Å². The summed E-state index contributed by atoms with van der Waals surface area (Å²) in [6.45, 7) is 2.04. The number of hydrogen-bond acceptors (Lipinski definition) is 3. The van der Waals surface area contributed by atoms with E-state index in [0.717, 1.165) is 29.8 Å². The minimum atomic E-state index is -4.47. The van der Waals surface area contributed by atoms with Crippen molar-refractivity contribution in [1.29, 1.82) is 0 Å². The first-order valence-electron chi connectivity index (χ1n) is 8.65. The first kappa shape index (κ1) is 19.4. The van der Waals surface area contributed by atoms with Crippen LogP contribution in [-0.2, 0) is 12.6 Å². The zero-order chi connectivity index (χ0) is 20.1. The highest BCUT2D eigenvalue weighted by atomic mass is 19.4. The van der Waals surface area contributed by atoms with E-state index in [2.05, 4.69) is 15.6 Å². The molecule has 0 radical (unpaired) electrons. The number of hydrogen-bond donors (Lipinski definition) is 2. The lowest BCUT2D eigenvalue weighted by Gasteiger charge is -2.12. The van der Waals surface area contributed by atoms with Gasteiger partial charge in [-0.3, -0.25) is 9.78 Å². The van der Waals surface area contributed by atoms with Gasteiger partial charge in [0.05, 0.1) is 23.0 Å². The van der Waals surface area contributed by atoms with Gasteiger partial charge in [0.15, 0.2) is 0 Å². The molecule has 2 N–H and O–H groups in total. The van der Waals surface area contributed by atoms with Gasteiger partial charge in [0.25, 0.3) is 5.91 Å². The number of benzene rings is 2. The molecule has 0 bridgehead atoms. The van der Waals surface area contributed by atoms with Crippen molar-refractivity contribution < 1.29 is 18.0 Å². The Morgan fingerprint density at radius 1 is 1.00 bits per heavy atom. The summed E-state index contributed by atoms with van der Waals surface area (Å²) in [6, 6.07) is 13.9. The Morgan fingerprint density at radius 2 is 1.79 bits per heavy atom. The van der Waals surface area contributed by atoms with E-state index >= 15 is 0 Å². The van der Waals surface area contributed by atoms with Crippen LogP contribution < -0.4 is 10.6 Å². The third-order valence-corrected chi connectivity index (χ3v) is 4.13. The van der Waals surface area contributed by atoms with E-state index in [1.54, 1.807) is 12.3 Å². The molecule has 0 aliphatic heterocycles. The lowest BCUT2D eigenvalue weighted by molar-refractivity contribution is -0.137. The van der Waals surface area contributed by atoms with Crippen LogP contribution in [0.15, 0.2) is 67.0 Å². The van der Waals surface area contributed by atoms with Crippen LogP contribution >= 0.6 is 0 Å². The average Bonchev–Trinajstić information content (AvgIpc) is 2.68. The van der Waals surface area contributed by atoms with E-state index in [4.69, 9.17) is 0 Å². The van der Waals surface area contributed by atoms with E-state index in [1.165, 1.54) is 18.3 Å². The summed E-state index contributed by atoms with van der Waals surface area (Å²) in [6.07, 6.45) is -0.696. The topological polar surface area (TPSA) is 54.0 Å². The minimum absolute atomic E-state index is 0.0644. The number of aromatic nitrogens is 1. The number of carbonyl (C=O) groups excluding carboxylic acids is 1. The highest BCUT2D eigenvalue weighted by Gasteiger charge is 2.30. The molecule has 2 aromatic carbocycles. The van der Waals surface area contributed by atoms with Crippen molar-refractivity contribution in [1.82, 2.24) is 4.98 Å². The van der Waals surface area contributed by atoms with Crippen molar-refractivity contribution in [3.63, 3.8) is 0 Å². The lowest BCUT2D eigenvalue weighted by atomic mass is 10.1. The second-order valence-electron chi connectivity index (χ2n) is 6.13. The van der Waals surface area contributed by atoms with Crippen LogP contribution in [0.3, 0.4) is 0 Å². The Balaban J connectivity index is 1.77. The quantitative estimate of drug-likeness (QED) is 0.596. The van der Waals surface area contributed by atoms with Gasteiger partial charge in [-0.1, -0.05) is 31.2 Å². The molecule has 0 atom stereocenters. The number of rotatable bonds is 5. The second kappa shape index (κ2) is 8.12. The Kier molecular flexibility index (Phi) is 5.63. The van der Waals surface area contributed by atoms with Gasteiger partial charge in [-0.05, 0) is 42.3 Å². The zero-order valence-corrected chi connectivity index (χ0v) is 15.0. The number of carbonyl (C=O) groups is 1. The number of nitrogens with zero attached hydrogens (tertiary/aromatic N) is 1. The van der Waals surface area contributed by atoms with Crippen molar-refractivity contribution in [2.45, 2.75) is 19.5 Å². The third-order valence-electron chi connectivity index (χ3n) is 4.13. The molecule has 1 aromatic heterocycles. The molecule has 0 unspecified atom stereocenters. The van der Waals surface area contributed by atoms with E-state index in [1.807, 2.05) is 31.2 Å². The van der Waals surface area contributed by atoms with E-state index in [-0.39, 0.29) is 11.3 Å². The van der Waals surface area contributed by atoms with E-state index in [9.17, 15) is 18.0 Å². The molecule has 28 heavy (non-hydrogen) atoms. The Hall–Kier alpha value is -3.35. The summed E-state index contributed by atoms with van der Waals surface area (Å²) < 4.78 is 38.5. The molecule has 0 fully saturated rings. The molecule has 0 aliphatic rings. The fraction of sp³-hybridized carbons (Fsp3) is 0.143. The molecular formula is C21H18F3N3O. The Morgan fingerprint density at radius 3 is 2.54 bits per heavy atom. The fourth-order valence-electron chi connectivity index (χ4n) is 2.72. The summed E-state index contributed by atoms with van der Waals surface area (Å²) in [7, 11) is 0. The van der Waals surface area contributed by atoms with Crippen LogP contribution in [0.4, 0.5) is 30.2 Å². The van der Waals surface area contributed by atoms with Gasteiger partial charge in [-0.15, -0.1) is 0 Å². The highest BCUT2D eigenvalue weighted by molar-refractivity contribution is 6.04. The predicted molar refractivity (Wildman–Crippen MR) is 103 cm³/mol. The van der Waals surface area contributed by atoms with Crippen molar-refractivity contribution in [3.8, 4) is 0 Å². The van der Waals surface area contributed by atoms with Crippen LogP contribution in [0, 0.1) is 0 Å². The van der Waals surface area contributed by atoms with E-state index in [0.29, 0.717) is 5.69 Å². The molecule has 144 valence electrons. The van der Waals surface area contributed by atoms with Gasteiger partial charge in [-0.25, -0.2) is 0 Å². The molecule has 0 spiro atoms. The number of amides is 1. The number of aryl methyl sites for hydroxylation is 1. The normalized spacial score (nSPS) is 11.1. The van der Waals surface area contributed by atoms with Crippen molar-refractivity contribution in [2.75, 3.05) is 10.6 Å². The summed E-state index contributed by atoms with van der Waals surface area (Å²) >= 11 is 0. The van der Waals surface area contributed by atoms with Crippen molar-refractivity contribution in [2.24, 2.45) is 0 Å². The standard InChI is InChI=1S/C21H18F3N3O/c1-2-14-6-3-4-9-19(14)26-18-10-15(12-25-13-18)20(28)27-17-8-5-7-16(11-17)21(22,23)24/h3-13,26H,2H2,1H3,(H,27,28). The zero-order valence-electron chi connectivity index (χ0n) is 15.0. The molecule has 4 nitrogen and oxygen atoms in total. The number of pyridine rings is 1. The minimum Gasteiger partial charge on any atom is -0.354 e. The van der Waals surface area contributed by atoms with Crippen molar-refractivity contribution in [3.05, 3.63) is 83.7 Å². The molecule has 7 heteroatoms. The van der Waals surface area contributed by atoms with Crippen LogP contribution in [0.25, 0.3) is 0 Å². The average molecular weight is 385 g/mol. The summed E-state index contributed by atoms with van der Waals surface area (Å²) in [5.74, 6) is -0.542. The summed E-state index contributed by atoms with van der Waals surface area (Å²) in [5, 5.41) is 5.70. The van der Waals surface area contributed by atoms with Crippen LogP contribution in [-0.4, -0.2) is 10.9 Å². The Bertz CT molecular complexity index is 986. The van der Waals surface area contributed by atoms with Gasteiger partial charge in [0.2, 0.25) is 0 Å². The highest BCUT2D eigenvalue weighted by Crippen LogP contribution is 2.30. The third kappa shape index (κ3) is 4.68. The molecule has 3 aromatic rings. The van der Waals surface area contributed by atoms with Gasteiger partial charge >= 0.3 is 6.18 Å². The van der Waals surface area contributed by atoms with Gasteiger partial charge in [0.1, 0.15) is 0 Å². The largest absolute Gasteiger partial charge is 0.416 e. The number of alkyl halides is 3. The molecule has 0 saturated heterocycles. The summed E-state index contributed by atoms with van der Waals surface area (Å²) in [5.41, 5.74) is 2.10. The molecule has 0 saturated carbocycles. The monoisotopic (exact) mass is 385 g/mol. The van der Waals surface area contributed by atoms with Gasteiger partial charge < -0.3 is 10.6 Å². The van der Waals surface area contributed by atoms with Crippen LogP contribution in [0.2, 0.25) is 0 Å². The van der Waals surface area contributed by atoms with Crippen LogP contribution in [0.5, 0.6) is 0 Å². The summed E-state index contributed by atoms with van der Waals surface area (Å²) in [4.78, 5) is 16.5. The van der Waals surface area contributed by atoms with Crippen molar-refractivity contribution >= 4 is 23.0 Å². The molecule has 0 aliphatic carbocycles. The second-order valence-corrected chi connectivity index (χ2v) is 6.13. The maximum atomic E-state index is 12.8.